The number of benzene rings is 1. The SMILES string of the molecule is [c]1cc[c]c2oncc12. The van der Waals surface area contributed by atoms with Gasteiger partial charge >= 0.3 is 0 Å². The molecule has 0 saturated carbocycles. The van der Waals surface area contributed by atoms with Crippen molar-refractivity contribution in [1.29, 1.82) is 0 Å². The summed E-state index contributed by atoms with van der Waals surface area (Å²) in [5.74, 6) is 0. The summed E-state index contributed by atoms with van der Waals surface area (Å²) in [7, 11) is 0. The van der Waals surface area contributed by atoms with Crippen molar-refractivity contribution in [3.8, 4) is 0 Å². The first-order valence-electron chi connectivity index (χ1n) is 2.59. The van der Waals surface area contributed by atoms with Gasteiger partial charge in [-0.25, -0.2) is 0 Å². The van der Waals surface area contributed by atoms with Crippen LogP contribution in [0.2, 0.25) is 0 Å². The van der Waals surface area contributed by atoms with Crippen LogP contribution in [0.15, 0.2) is 22.9 Å². The maximum atomic E-state index is 4.78. The Morgan fingerprint density at radius 1 is 1.33 bits per heavy atom. The highest BCUT2D eigenvalue weighted by Crippen LogP contribution is 2.08. The van der Waals surface area contributed by atoms with Crippen LogP contribution >= 0.6 is 0 Å². The minimum absolute atomic E-state index is 0.664. The van der Waals surface area contributed by atoms with Crippen LogP contribution in [0.4, 0.5) is 0 Å². The number of fused-ring (bicyclic) bond motifs is 1. The average molecular weight is 117 g/mol. The van der Waals surface area contributed by atoms with Gasteiger partial charge in [0.15, 0.2) is 5.58 Å². The second kappa shape index (κ2) is 1.58. The van der Waals surface area contributed by atoms with Gasteiger partial charge in [-0.3, -0.25) is 0 Å². The molecular weight excluding hydrogens is 114 g/mol. The van der Waals surface area contributed by atoms with E-state index in [2.05, 4.69) is 17.3 Å². The third-order valence-corrected chi connectivity index (χ3v) is 1.11. The van der Waals surface area contributed by atoms with E-state index in [1.54, 1.807) is 18.3 Å². The molecule has 42 valence electrons. The maximum Gasteiger partial charge on any atom is 0.175 e. The van der Waals surface area contributed by atoms with Gasteiger partial charge in [0.1, 0.15) is 0 Å². The molecule has 0 bridgehead atoms. The van der Waals surface area contributed by atoms with Crippen molar-refractivity contribution in [2.45, 2.75) is 0 Å². The van der Waals surface area contributed by atoms with E-state index < -0.39 is 0 Å². The quantitative estimate of drug-likeness (QED) is 0.521. The summed E-state index contributed by atoms with van der Waals surface area (Å²) in [6.45, 7) is 0. The van der Waals surface area contributed by atoms with Crippen molar-refractivity contribution in [1.82, 2.24) is 5.16 Å². The van der Waals surface area contributed by atoms with E-state index in [0.29, 0.717) is 5.58 Å². The van der Waals surface area contributed by atoms with Crippen LogP contribution in [0.3, 0.4) is 0 Å². The zero-order chi connectivity index (χ0) is 6.10. The van der Waals surface area contributed by atoms with Crippen LogP contribution in [0.1, 0.15) is 0 Å². The lowest BCUT2D eigenvalue weighted by Crippen LogP contribution is -1.59. The highest BCUT2D eigenvalue weighted by molar-refractivity contribution is 5.73. The monoisotopic (exact) mass is 117 g/mol. The molecule has 1 aromatic carbocycles. The van der Waals surface area contributed by atoms with E-state index >= 15 is 0 Å². The van der Waals surface area contributed by atoms with E-state index in [1.165, 1.54) is 0 Å². The summed E-state index contributed by atoms with van der Waals surface area (Å²) in [6.07, 6.45) is 1.62. The second-order valence-corrected chi connectivity index (χ2v) is 1.69. The topological polar surface area (TPSA) is 26.0 Å². The van der Waals surface area contributed by atoms with Crippen molar-refractivity contribution in [2.24, 2.45) is 0 Å². The van der Waals surface area contributed by atoms with Crippen LogP contribution < -0.4 is 0 Å². The molecular formula is C7H3NO. The van der Waals surface area contributed by atoms with E-state index in [-0.39, 0.29) is 0 Å². The van der Waals surface area contributed by atoms with Crippen molar-refractivity contribution in [3.05, 3.63) is 30.5 Å². The van der Waals surface area contributed by atoms with E-state index in [1.807, 2.05) is 0 Å². The number of hydrogen-bond donors (Lipinski definition) is 0. The molecule has 2 heteroatoms. The van der Waals surface area contributed by atoms with Crippen LogP contribution in [0.25, 0.3) is 11.0 Å². The summed E-state index contributed by atoms with van der Waals surface area (Å²) >= 11 is 0. The molecule has 2 aromatic rings. The van der Waals surface area contributed by atoms with Crippen LogP contribution in [-0.2, 0) is 0 Å². The lowest BCUT2D eigenvalue weighted by molar-refractivity contribution is 0.456. The van der Waals surface area contributed by atoms with Gasteiger partial charge in [0.05, 0.1) is 11.6 Å². The highest BCUT2D eigenvalue weighted by atomic mass is 16.5. The second-order valence-electron chi connectivity index (χ2n) is 1.69. The molecule has 9 heavy (non-hydrogen) atoms. The Balaban J connectivity index is 2.95. The molecule has 2 nitrogen and oxygen atoms in total. The Labute approximate surface area is 52.1 Å². The maximum absolute atomic E-state index is 4.78. The summed E-state index contributed by atoms with van der Waals surface area (Å²) in [5.41, 5.74) is 0.664. The Bertz CT molecular complexity index is 283. The smallest absolute Gasteiger partial charge is 0.175 e. The first-order valence-corrected chi connectivity index (χ1v) is 2.59. The first-order chi connectivity index (χ1) is 4.47. The molecule has 0 N–H and O–H groups in total. The van der Waals surface area contributed by atoms with Gasteiger partial charge in [0, 0.05) is 6.07 Å². The predicted octanol–water partition coefficient (Wildman–Crippen LogP) is 1.43. The number of hydrogen-bond acceptors (Lipinski definition) is 2. The minimum atomic E-state index is 0.664. The molecule has 1 heterocycles. The zero-order valence-corrected chi connectivity index (χ0v) is 4.59. The Morgan fingerprint density at radius 3 is 3.11 bits per heavy atom. The van der Waals surface area contributed by atoms with E-state index in [0.717, 1.165) is 5.39 Å². The van der Waals surface area contributed by atoms with Crippen molar-refractivity contribution in [3.63, 3.8) is 0 Å². The summed E-state index contributed by atoms with van der Waals surface area (Å²) < 4.78 is 4.78. The van der Waals surface area contributed by atoms with Crippen molar-refractivity contribution in [2.75, 3.05) is 0 Å². The van der Waals surface area contributed by atoms with Crippen LogP contribution in [-0.4, -0.2) is 5.16 Å². The largest absolute Gasteiger partial charge is 0.356 e. The molecule has 0 aliphatic heterocycles. The summed E-state index contributed by atoms with van der Waals surface area (Å²) in [4.78, 5) is 0. The van der Waals surface area contributed by atoms with Gasteiger partial charge < -0.3 is 4.52 Å². The molecule has 0 atom stereocenters. The van der Waals surface area contributed by atoms with Crippen molar-refractivity contribution < 1.29 is 4.52 Å². The summed E-state index contributed by atoms with van der Waals surface area (Å²) in [6, 6.07) is 9.33. The standard InChI is InChI=1S/C7H3NO/c1-2-4-7-6(3-1)5-8-9-7/h1-2,5H. The van der Waals surface area contributed by atoms with Crippen LogP contribution in [0, 0.1) is 12.1 Å². The number of rotatable bonds is 0. The molecule has 0 amide bonds. The molecule has 0 fully saturated rings. The van der Waals surface area contributed by atoms with E-state index in [9.17, 15) is 0 Å². The van der Waals surface area contributed by atoms with Gasteiger partial charge in [-0.15, -0.1) is 0 Å². The van der Waals surface area contributed by atoms with Crippen molar-refractivity contribution >= 4 is 11.0 Å². The number of nitrogens with zero attached hydrogens (tertiary/aromatic N) is 1. The van der Waals surface area contributed by atoms with Gasteiger partial charge in [0.2, 0.25) is 0 Å². The lowest BCUT2D eigenvalue weighted by atomic mass is 10.3. The molecule has 0 saturated heterocycles. The fourth-order valence-corrected chi connectivity index (χ4v) is 0.695. The molecule has 2 rings (SSSR count). The Morgan fingerprint density at radius 2 is 2.22 bits per heavy atom. The lowest BCUT2D eigenvalue weighted by Gasteiger charge is -1.77. The average Bonchev–Trinajstić information content (AvgIpc) is 2.33. The third kappa shape index (κ3) is 0.598. The van der Waals surface area contributed by atoms with Gasteiger partial charge in [-0.1, -0.05) is 11.2 Å². The molecule has 0 aliphatic carbocycles. The van der Waals surface area contributed by atoms with Crippen LogP contribution in [0.5, 0.6) is 0 Å². The van der Waals surface area contributed by atoms with Gasteiger partial charge in [-0.05, 0) is 12.1 Å². The highest BCUT2D eigenvalue weighted by Gasteiger charge is 1.92. The molecule has 1 aromatic heterocycles. The van der Waals surface area contributed by atoms with Gasteiger partial charge in [0.25, 0.3) is 0 Å². The Kier molecular flexibility index (Phi) is 0.803. The fraction of sp³-hybridized carbons (Fsp3) is 0. The zero-order valence-electron chi connectivity index (χ0n) is 4.59. The Hall–Kier alpha value is -1.31. The molecule has 0 spiro atoms. The number of aromatic nitrogens is 1. The minimum Gasteiger partial charge on any atom is -0.356 e. The van der Waals surface area contributed by atoms with E-state index in [4.69, 9.17) is 4.52 Å². The third-order valence-electron chi connectivity index (χ3n) is 1.11. The molecule has 0 aliphatic rings. The first kappa shape index (κ1) is 4.56. The summed E-state index contributed by atoms with van der Waals surface area (Å²) in [5, 5.41) is 4.44. The molecule has 0 unspecified atom stereocenters. The predicted molar refractivity (Wildman–Crippen MR) is 31.7 cm³/mol. The fourth-order valence-electron chi connectivity index (χ4n) is 0.695. The normalized spacial score (nSPS) is 10.2. The molecule has 2 radical (unpaired) electrons. The van der Waals surface area contributed by atoms with Gasteiger partial charge in [-0.2, -0.15) is 0 Å².